The van der Waals surface area contributed by atoms with Crippen LogP contribution >= 0.6 is 15.9 Å². The molecule has 0 aliphatic heterocycles. The van der Waals surface area contributed by atoms with E-state index in [0.717, 1.165) is 0 Å². The average molecular weight is 291 g/mol. The number of phenols is 2. The molecular formula is C10H8BrFO4. The molecule has 0 atom stereocenters. The van der Waals surface area contributed by atoms with E-state index in [4.69, 9.17) is 5.11 Å². The van der Waals surface area contributed by atoms with Gasteiger partial charge in [-0.05, 0) is 34.8 Å². The summed E-state index contributed by atoms with van der Waals surface area (Å²) in [6.07, 6.45) is 0.737. The molecular weight excluding hydrogens is 283 g/mol. The van der Waals surface area contributed by atoms with Gasteiger partial charge in [0.1, 0.15) is 0 Å². The van der Waals surface area contributed by atoms with Crippen molar-refractivity contribution in [2.75, 3.05) is 0 Å². The molecule has 1 saturated carbocycles. The first-order valence-electron chi connectivity index (χ1n) is 4.54. The lowest BCUT2D eigenvalue weighted by Gasteiger charge is -2.14. The predicted molar refractivity (Wildman–Crippen MR) is 56.0 cm³/mol. The molecule has 0 radical (unpaired) electrons. The number of aromatic hydroxyl groups is 2. The van der Waals surface area contributed by atoms with Crippen molar-refractivity contribution in [3.05, 3.63) is 21.9 Å². The van der Waals surface area contributed by atoms with Crippen LogP contribution in [0.15, 0.2) is 10.5 Å². The highest BCUT2D eigenvalue weighted by Gasteiger charge is 2.54. The van der Waals surface area contributed by atoms with E-state index < -0.39 is 28.7 Å². The lowest BCUT2D eigenvalue weighted by molar-refractivity contribution is -0.140. The number of rotatable bonds is 2. The van der Waals surface area contributed by atoms with Gasteiger partial charge in [0, 0.05) is 5.56 Å². The minimum atomic E-state index is -1.18. The molecule has 1 fully saturated rings. The van der Waals surface area contributed by atoms with Crippen molar-refractivity contribution < 1.29 is 24.5 Å². The molecule has 16 heavy (non-hydrogen) atoms. The first kappa shape index (κ1) is 11.2. The Balaban J connectivity index is 2.63. The summed E-state index contributed by atoms with van der Waals surface area (Å²) in [5, 5.41) is 27.9. The van der Waals surface area contributed by atoms with Crippen molar-refractivity contribution in [1.82, 2.24) is 0 Å². The predicted octanol–water partition coefficient (Wildman–Crippen LogP) is 2.12. The zero-order chi connectivity index (χ0) is 12.1. The largest absolute Gasteiger partial charge is 0.504 e. The fourth-order valence-electron chi connectivity index (χ4n) is 1.69. The van der Waals surface area contributed by atoms with E-state index in [9.17, 15) is 19.4 Å². The molecule has 6 heteroatoms. The van der Waals surface area contributed by atoms with E-state index in [2.05, 4.69) is 15.9 Å². The first-order chi connectivity index (χ1) is 7.40. The SMILES string of the molecule is O=C(O)C1(c2cc(Br)c(F)c(O)c2O)CC1. The Bertz CT molecular complexity index is 482. The lowest BCUT2D eigenvalue weighted by atomic mass is 9.95. The lowest BCUT2D eigenvalue weighted by Crippen LogP contribution is -2.19. The number of phenolic OH excluding ortho intramolecular Hbond substituents is 2. The van der Waals surface area contributed by atoms with Crippen molar-refractivity contribution in [3.63, 3.8) is 0 Å². The zero-order valence-corrected chi connectivity index (χ0v) is 9.58. The molecule has 0 heterocycles. The van der Waals surface area contributed by atoms with Gasteiger partial charge in [0.2, 0.25) is 0 Å². The maximum atomic E-state index is 13.2. The molecule has 4 nitrogen and oxygen atoms in total. The van der Waals surface area contributed by atoms with Crippen LogP contribution in [0.25, 0.3) is 0 Å². The molecule has 1 aliphatic carbocycles. The van der Waals surface area contributed by atoms with Crippen LogP contribution in [0.5, 0.6) is 11.5 Å². The minimum absolute atomic E-state index is 0.0470. The van der Waals surface area contributed by atoms with Crippen LogP contribution in [-0.2, 0) is 10.2 Å². The monoisotopic (exact) mass is 290 g/mol. The summed E-state index contributed by atoms with van der Waals surface area (Å²) >= 11 is 2.86. The van der Waals surface area contributed by atoms with Gasteiger partial charge in [0.15, 0.2) is 17.3 Å². The highest BCUT2D eigenvalue weighted by atomic mass is 79.9. The van der Waals surface area contributed by atoms with E-state index in [1.807, 2.05) is 0 Å². The van der Waals surface area contributed by atoms with Crippen molar-refractivity contribution in [3.8, 4) is 11.5 Å². The van der Waals surface area contributed by atoms with Gasteiger partial charge in [-0.2, -0.15) is 0 Å². The molecule has 86 valence electrons. The Morgan fingerprint density at radius 3 is 2.38 bits per heavy atom. The van der Waals surface area contributed by atoms with Crippen molar-refractivity contribution >= 4 is 21.9 Å². The third kappa shape index (κ3) is 1.36. The fraction of sp³-hybridized carbons (Fsp3) is 0.300. The number of halogens is 2. The number of hydrogen-bond acceptors (Lipinski definition) is 3. The van der Waals surface area contributed by atoms with Gasteiger partial charge >= 0.3 is 5.97 Å². The number of aliphatic carboxylic acids is 1. The van der Waals surface area contributed by atoms with Crippen LogP contribution in [0.3, 0.4) is 0 Å². The first-order valence-corrected chi connectivity index (χ1v) is 5.33. The zero-order valence-electron chi connectivity index (χ0n) is 8.00. The molecule has 0 unspecified atom stereocenters. The van der Waals surface area contributed by atoms with E-state index >= 15 is 0 Å². The highest BCUT2D eigenvalue weighted by molar-refractivity contribution is 9.10. The summed E-state index contributed by atoms with van der Waals surface area (Å²) < 4.78 is 13.1. The van der Waals surface area contributed by atoms with Crippen molar-refractivity contribution in [1.29, 1.82) is 0 Å². The minimum Gasteiger partial charge on any atom is -0.504 e. The van der Waals surface area contributed by atoms with E-state index in [1.165, 1.54) is 6.07 Å². The summed E-state index contributed by atoms with van der Waals surface area (Å²) in [5.74, 6) is -3.69. The summed E-state index contributed by atoms with van der Waals surface area (Å²) in [5.41, 5.74) is -1.14. The Hall–Kier alpha value is -1.30. The Labute approximate surface area is 98.5 Å². The maximum absolute atomic E-state index is 13.2. The summed E-state index contributed by atoms with van der Waals surface area (Å²) in [4.78, 5) is 11.0. The molecule has 0 saturated heterocycles. The van der Waals surface area contributed by atoms with Gasteiger partial charge in [-0.3, -0.25) is 4.79 Å². The molecule has 0 spiro atoms. The summed E-state index contributed by atoms with van der Waals surface area (Å²) in [6, 6.07) is 1.20. The molecule has 0 bridgehead atoms. The van der Waals surface area contributed by atoms with E-state index in [-0.39, 0.29) is 10.0 Å². The van der Waals surface area contributed by atoms with Gasteiger partial charge in [-0.25, -0.2) is 4.39 Å². The standard InChI is InChI=1S/C10H8BrFO4/c11-5-3-4(7(13)8(14)6(5)12)10(1-2-10)9(15)16/h3,13-14H,1-2H2,(H,15,16). The van der Waals surface area contributed by atoms with Crippen LogP contribution < -0.4 is 0 Å². The fourth-order valence-corrected chi connectivity index (χ4v) is 2.11. The van der Waals surface area contributed by atoms with Crippen LogP contribution in [0.2, 0.25) is 0 Å². The number of hydrogen-bond donors (Lipinski definition) is 3. The number of carboxylic acids is 1. The van der Waals surface area contributed by atoms with Crippen molar-refractivity contribution in [2.24, 2.45) is 0 Å². The summed E-state index contributed by atoms with van der Waals surface area (Å²) in [6.45, 7) is 0. The van der Waals surface area contributed by atoms with Gasteiger partial charge < -0.3 is 15.3 Å². The highest BCUT2D eigenvalue weighted by Crippen LogP contribution is 2.54. The van der Waals surface area contributed by atoms with Gasteiger partial charge in [0.05, 0.1) is 9.89 Å². The maximum Gasteiger partial charge on any atom is 0.314 e. The second-order valence-corrected chi connectivity index (χ2v) is 4.66. The molecule has 1 aromatic rings. The Kier molecular flexibility index (Phi) is 2.34. The quantitative estimate of drug-likeness (QED) is 0.729. The summed E-state index contributed by atoms with van der Waals surface area (Å²) in [7, 11) is 0. The van der Waals surface area contributed by atoms with Gasteiger partial charge in [0.25, 0.3) is 0 Å². The topological polar surface area (TPSA) is 77.8 Å². The second-order valence-electron chi connectivity index (χ2n) is 3.80. The van der Waals surface area contributed by atoms with E-state index in [1.54, 1.807) is 0 Å². The van der Waals surface area contributed by atoms with E-state index in [0.29, 0.717) is 12.8 Å². The Morgan fingerprint density at radius 2 is 1.94 bits per heavy atom. The molecule has 2 rings (SSSR count). The number of carboxylic acid groups (broad SMARTS) is 1. The molecule has 3 N–H and O–H groups in total. The average Bonchev–Trinajstić information content (AvgIpc) is 3.01. The third-order valence-corrected chi connectivity index (χ3v) is 3.42. The molecule has 1 aromatic carbocycles. The number of carbonyl (C=O) groups is 1. The smallest absolute Gasteiger partial charge is 0.314 e. The van der Waals surface area contributed by atoms with Crippen LogP contribution in [0, 0.1) is 5.82 Å². The van der Waals surface area contributed by atoms with Crippen LogP contribution in [0.1, 0.15) is 18.4 Å². The van der Waals surface area contributed by atoms with Gasteiger partial charge in [-0.15, -0.1) is 0 Å². The molecule has 0 amide bonds. The molecule has 1 aliphatic rings. The van der Waals surface area contributed by atoms with Gasteiger partial charge in [-0.1, -0.05) is 0 Å². The normalized spacial score (nSPS) is 17.1. The number of benzene rings is 1. The van der Waals surface area contributed by atoms with Crippen LogP contribution in [-0.4, -0.2) is 21.3 Å². The second kappa shape index (κ2) is 3.35. The molecule has 0 aromatic heterocycles. The van der Waals surface area contributed by atoms with Crippen molar-refractivity contribution in [2.45, 2.75) is 18.3 Å². The van der Waals surface area contributed by atoms with Crippen LogP contribution in [0.4, 0.5) is 4.39 Å². The Morgan fingerprint density at radius 1 is 1.38 bits per heavy atom. The third-order valence-electron chi connectivity index (χ3n) is 2.84.